The van der Waals surface area contributed by atoms with Crippen LogP contribution in [0.5, 0.6) is 0 Å². The van der Waals surface area contributed by atoms with Gasteiger partial charge < -0.3 is 61.7 Å². The maximum Gasteiger partial charge on any atom is 0.321 e. The normalized spacial score (nSPS) is 21.1. The first-order valence-corrected chi connectivity index (χ1v) is 27.9. The molecule has 82 heavy (non-hydrogen) atoms. The number of benzene rings is 8. The van der Waals surface area contributed by atoms with Crippen LogP contribution < -0.4 is 11.5 Å². The summed E-state index contributed by atoms with van der Waals surface area (Å²) in [5.74, 6) is 0. The van der Waals surface area contributed by atoms with Crippen molar-refractivity contribution in [3.8, 4) is 0 Å². The van der Waals surface area contributed by atoms with Crippen LogP contribution >= 0.6 is 0 Å². The fourth-order valence-electron chi connectivity index (χ4n) is 11.3. The Balaban J connectivity index is 0.000000198. The van der Waals surface area contributed by atoms with Crippen LogP contribution in [0.3, 0.4) is 0 Å². The van der Waals surface area contributed by atoms with E-state index in [2.05, 4.69) is 0 Å². The molecule has 424 valence electrons. The summed E-state index contributed by atoms with van der Waals surface area (Å²) < 4.78 is 0. The summed E-state index contributed by atoms with van der Waals surface area (Å²) in [5, 5.41) is 66.1. The molecule has 10 rings (SSSR count). The van der Waals surface area contributed by atoms with E-state index in [1.165, 1.54) is 0 Å². The zero-order valence-corrected chi connectivity index (χ0v) is 45.9. The Morgan fingerprint density at radius 2 is 0.524 bits per heavy atom. The van der Waals surface area contributed by atoms with Gasteiger partial charge in [0.1, 0.15) is 24.4 Å². The van der Waals surface area contributed by atoms with Gasteiger partial charge in [0.15, 0.2) is 0 Å². The molecule has 2 saturated heterocycles. The van der Waals surface area contributed by atoms with Crippen molar-refractivity contribution in [3.63, 3.8) is 0 Å². The van der Waals surface area contributed by atoms with Crippen LogP contribution in [0.15, 0.2) is 218 Å². The third kappa shape index (κ3) is 14.8. The number of aliphatic hydroxyl groups excluding tert-OH is 6. The highest BCUT2D eigenvalue weighted by Crippen LogP contribution is 2.33. The van der Waals surface area contributed by atoms with E-state index in [4.69, 9.17) is 11.5 Å². The van der Waals surface area contributed by atoms with Gasteiger partial charge in [-0.05, 0) is 106 Å². The van der Waals surface area contributed by atoms with E-state index < -0.39 is 48.6 Å². The molecule has 14 nitrogen and oxygen atoms in total. The van der Waals surface area contributed by atoms with Crippen LogP contribution in [-0.2, 0) is 65.1 Å². The zero-order valence-electron chi connectivity index (χ0n) is 45.9. The quantitative estimate of drug-likeness (QED) is 0.0384. The van der Waals surface area contributed by atoms with Gasteiger partial charge in [0.25, 0.3) is 0 Å². The van der Waals surface area contributed by atoms with Gasteiger partial charge in [0, 0.05) is 37.6 Å². The van der Waals surface area contributed by atoms with E-state index in [1.54, 1.807) is 31.7 Å². The maximum absolute atomic E-state index is 14.6. The van der Waals surface area contributed by atoms with Crippen molar-refractivity contribution < 1.29 is 40.2 Å². The van der Waals surface area contributed by atoms with Crippen LogP contribution in [0.1, 0.15) is 55.6 Å². The van der Waals surface area contributed by atoms with Crippen molar-refractivity contribution in [1.29, 1.82) is 0 Å². The van der Waals surface area contributed by atoms with E-state index >= 15 is 0 Å². The predicted octanol–water partition coefficient (Wildman–Crippen LogP) is 8.29. The Morgan fingerprint density at radius 3 is 0.768 bits per heavy atom. The van der Waals surface area contributed by atoms with Crippen LogP contribution in [-0.4, -0.2) is 111 Å². The zero-order chi connectivity index (χ0) is 57.5. The number of carbonyl (C=O) groups excluding carboxylic acids is 2. The molecule has 8 atom stereocenters. The minimum Gasteiger partial charge on any atom is -0.399 e. The summed E-state index contributed by atoms with van der Waals surface area (Å²) in [6, 6.07) is 65.3. The lowest BCUT2D eigenvalue weighted by atomic mass is 9.91. The second-order valence-electron chi connectivity index (χ2n) is 21.5. The molecule has 0 aliphatic carbocycles. The molecule has 4 amide bonds. The Hall–Kier alpha value is -8.34. The standard InChI is InChI=1S/C35H38N2O5.C33H36N4O3/c38-23-29-15-11-27(12-16-29)21-36-31(19-25-7-3-1-4-8-25)33(40)34(41)32(20-26-9-5-2-6-10-26)37(35(36)42)22-28-13-17-30(24-39)18-14-28;34-27-15-7-13-25(17-27)21-36-29(19-23-9-3-1-4-10-23)31(38)32(39)30(20-24-11-5-2-6-12-24)37(33(36)40)22-26-14-8-16-28(35)18-26/h1-18,31-34,38-41H,19-24H2;1-18,29-32,38-39H,19-22,34-35H2. The Bertz CT molecular complexity index is 3050. The summed E-state index contributed by atoms with van der Waals surface area (Å²) in [6.07, 6.45) is -3.28. The molecule has 14 heteroatoms. The smallest absolute Gasteiger partial charge is 0.321 e. The molecule has 8 aromatic carbocycles. The van der Waals surface area contributed by atoms with Gasteiger partial charge in [-0.3, -0.25) is 0 Å². The van der Waals surface area contributed by atoms with Gasteiger partial charge in [-0.1, -0.05) is 194 Å². The largest absolute Gasteiger partial charge is 0.399 e. The molecule has 8 aromatic rings. The average molecular weight is 1100 g/mol. The third-order valence-corrected chi connectivity index (χ3v) is 15.7. The van der Waals surface area contributed by atoms with Gasteiger partial charge in [-0.15, -0.1) is 0 Å². The van der Waals surface area contributed by atoms with Crippen LogP contribution in [0.4, 0.5) is 21.0 Å². The lowest BCUT2D eigenvalue weighted by molar-refractivity contribution is -0.0408. The molecular formula is C68H74N6O8. The molecule has 10 N–H and O–H groups in total. The highest BCUT2D eigenvalue weighted by atomic mass is 16.3. The summed E-state index contributed by atoms with van der Waals surface area (Å²) in [6.45, 7) is 0.768. The monoisotopic (exact) mass is 1100 g/mol. The van der Waals surface area contributed by atoms with Crippen molar-refractivity contribution in [3.05, 3.63) is 274 Å². The minimum atomic E-state index is -1.21. The van der Waals surface area contributed by atoms with E-state index in [9.17, 15) is 40.2 Å². The van der Waals surface area contributed by atoms with Crippen molar-refractivity contribution >= 4 is 23.4 Å². The van der Waals surface area contributed by atoms with Gasteiger partial charge in [-0.25, -0.2) is 9.59 Å². The van der Waals surface area contributed by atoms with Gasteiger partial charge in [-0.2, -0.15) is 0 Å². The van der Waals surface area contributed by atoms with Gasteiger partial charge in [0.2, 0.25) is 0 Å². The number of urea groups is 2. The number of nitrogens with two attached hydrogens (primary N) is 2. The van der Waals surface area contributed by atoms with E-state index in [0.717, 1.165) is 55.6 Å². The predicted molar refractivity (Wildman–Crippen MR) is 319 cm³/mol. The number of hydrogen-bond acceptors (Lipinski definition) is 10. The Morgan fingerprint density at radius 1 is 0.293 bits per heavy atom. The van der Waals surface area contributed by atoms with Crippen LogP contribution in [0, 0.1) is 0 Å². The second kappa shape index (κ2) is 27.9. The van der Waals surface area contributed by atoms with Crippen LogP contribution in [0.2, 0.25) is 0 Å². The summed E-state index contributed by atoms with van der Waals surface area (Å²) in [7, 11) is 0. The van der Waals surface area contributed by atoms with Crippen molar-refractivity contribution in [2.45, 2.75) is 114 Å². The van der Waals surface area contributed by atoms with E-state index in [1.807, 2.05) is 206 Å². The summed E-state index contributed by atoms with van der Waals surface area (Å²) in [5.41, 5.74) is 22.1. The van der Waals surface area contributed by atoms with E-state index in [0.29, 0.717) is 37.1 Å². The molecule has 2 fully saturated rings. The first-order valence-electron chi connectivity index (χ1n) is 27.9. The summed E-state index contributed by atoms with van der Waals surface area (Å²) in [4.78, 5) is 36.0. The van der Waals surface area contributed by atoms with Crippen molar-refractivity contribution in [2.75, 3.05) is 11.5 Å². The number of amides is 4. The first kappa shape index (κ1) is 58.3. The molecule has 0 aromatic heterocycles. The van der Waals surface area contributed by atoms with E-state index in [-0.39, 0.29) is 51.5 Å². The number of hydrogen-bond donors (Lipinski definition) is 8. The molecular weight excluding hydrogens is 1030 g/mol. The minimum absolute atomic E-state index is 0.0749. The van der Waals surface area contributed by atoms with Gasteiger partial charge in [0.05, 0.1) is 37.4 Å². The second-order valence-corrected chi connectivity index (χ2v) is 21.5. The number of nitrogens with zero attached hydrogens (tertiary/aromatic N) is 4. The highest BCUT2D eigenvalue weighted by molar-refractivity contribution is 5.77. The SMILES string of the molecule is Nc1cccc(CN2C(=O)N(Cc3cccc(N)c3)C(Cc3ccccc3)C(O)C(O)C2Cc2ccccc2)c1.O=C1N(Cc2ccc(CO)cc2)C(Cc2ccccc2)C(O)C(O)C(Cc2ccccc2)N1Cc1ccc(CO)cc1. The van der Waals surface area contributed by atoms with Gasteiger partial charge >= 0.3 is 12.1 Å². The molecule has 8 unspecified atom stereocenters. The number of carbonyl (C=O) groups is 2. The molecule has 0 bridgehead atoms. The summed E-state index contributed by atoms with van der Waals surface area (Å²) >= 11 is 0. The number of nitrogen functional groups attached to an aromatic ring is 2. The number of aliphatic hydroxyl groups is 6. The lowest BCUT2D eigenvalue weighted by Gasteiger charge is -2.36. The first-order chi connectivity index (χ1) is 39.8. The molecule has 2 aliphatic rings. The number of rotatable bonds is 18. The Labute approximate surface area is 480 Å². The number of anilines is 2. The van der Waals surface area contributed by atoms with Crippen molar-refractivity contribution in [1.82, 2.24) is 19.6 Å². The maximum atomic E-state index is 14.6. The van der Waals surface area contributed by atoms with Crippen molar-refractivity contribution in [2.24, 2.45) is 0 Å². The molecule has 0 saturated carbocycles. The average Bonchev–Trinajstić information content (AvgIpc) is 3.88. The lowest BCUT2D eigenvalue weighted by Crippen LogP contribution is -2.50. The fourth-order valence-corrected chi connectivity index (χ4v) is 11.3. The molecule has 0 radical (unpaired) electrons. The highest BCUT2D eigenvalue weighted by Gasteiger charge is 2.48. The van der Waals surface area contributed by atoms with Crippen LogP contribution in [0.25, 0.3) is 0 Å². The molecule has 2 aliphatic heterocycles. The Kier molecular flexibility index (Phi) is 19.8. The topological polar surface area (TPSA) is 221 Å². The third-order valence-electron chi connectivity index (χ3n) is 15.7. The molecule has 2 heterocycles. The fraction of sp³-hybridized carbons (Fsp3) is 0.265. The molecule has 0 spiro atoms.